The van der Waals surface area contributed by atoms with Crippen molar-refractivity contribution in [1.82, 2.24) is 5.01 Å². The van der Waals surface area contributed by atoms with E-state index in [1.807, 2.05) is 47.5 Å². The molecule has 1 atom stereocenters. The number of rotatable bonds is 4. The van der Waals surface area contributed by atoms with Crippen molar-refractivity contribution in [1.29, 1.82) is 0 Å². The van der Waals surface area contributed by atoms with Crippen LogP contribution >= 0.6 is 0 Å². The van der Waals surface area contributed by atoms with Crippen LogP contribution in [-0.4, -0.2) is 18.0 Å². The summed E-state index contributed by atoms with van der Waals surface area (Å²) >= 11 is 0. The van der Waals surface area contributed by atoms with Crippen LogP contribution in [0.4, 0.5) is 5.69 Å². The molecule has 2 fully saturated rings. The molecule has 0 radical (unpaired) electrons. The summed E-state index contributed by atoms with van der Waals surface area (Å²) in [6, 6.07) is 18.1. The van der Waals surface area contributed by atoms with Crippen LogP contribution in [0.25, 0.3) is 0 Å². The van der Waals surface area contributed by atoms with Gasteiger partial charge in [-0.05, 0) is 42.7 Å². The fourth-order valence-electron chi connectivity index (χ4n) is 4.35. The topological polar surface area (TPSA) is 41.6 Å². The van der Waals surface area contributed by atoms with Gasteiger partial charge in [0.2, 0.25) is 5.91 Å². The molecule has 1 saturated carbocycles. The summed E-state index contributed by atoms with van der Waals surface area (Å²) in [6.45, 7) is 0. The molecule has 1 amide bonds. The van der Waals surface area contributed by atoms with E-state index >= 15 is 0 Å². The Morgan fingerprint density at radius 3 is 2.32 bits per heavy atom. The third kappa shape index (κ3) is 2.66. The summed E-state index contributed by atoms with van der Waals surface area (Å²) in [5.41, 5.74) is 5.20. The lowest BCUT2D eigenvalue weighted by Crippen LogP contribution is -2.65. The molecule has 2 aromatic carbocycles. The van der Waals surface area contributed by atoms with Gasteiger partial charge in [0.25, 0.3) is 0 Å². The van der Waals surface area contributed by atoms with Gasteiger partial charge in [-0.3, -0.25) is 10.2 Å². The molecule has 1 N–H and O–H groups in total. The van der Waals surface area contributed by atoms with Gasteiger partial charge in [0, 0.05) is 0 Å². The Kier molecular flexibility index (Phi) is 4.12. The highest BCUT2D eigenvalue weighted by molar-refractivity contribution is 5.92. The number of hydrazine groups is 1. The second-order valence-corrected chi connectivity index (χ2v) is 7.05. The van der Waals surface area contributed by atoms with Gasteiger partial charge < -0.3 is 4.74 Å². The molecular formula is C21H24N2O2. The second-order valence-electron chi connectivity index (χ2n) is 7.05. The van der Waals surface area contributed by atoms with E-state index in [1.54, 1.807) is 7.11 Å². The Balaban J connectivity index is 1.66. The molecular weight excluding hydrogens is 312 g/mol. The molecule has 1 spiro atoms. The number of methoxy groups -OCH3 is 1. The lowest BCUT2D eigenvalue weighted by Gasteiger charge is -2.57. The molecule has 1 aliphatic carbocycles. The second kappa shape index (κ2) is 6.43. The van der Waals surface area contributed by atoms with E-state index < -0.39 is 0 Å². The van der Waals surface area contributed by atoms with Gasteiger partial charge in [0.1, 0.15) is 5.75 Å². The monoisotopic (exact) mass is 336 g/mol. The van der Waals surface area contributed by atoms with Crippen molar-refractivity contribution in [2.24, 2.45) is 5.41 Å². The van der Waals surface area contributed by atoms with Crippen molar-refractivity contribution in [3.8, 4) is 5.75 Å². The van der Waals surface area contributed by atoms with Crippen molar-refractivity contribution >= 4 is 11.6 Å². The number of β-lactam (4-membered cyclic amide) rings is 1. The molecule has 25 heavy (non-hydrogen) atoms. The number of carbonyl (C=O) groups is 1. The predicted molar refractivity (Wildman–Crippen MR) is 98.2 cm³/mol. The minimum absolute atomic E-state index is 0.0754. The highest BCUT2D eigenvalue weighted by atomic mass is 16.5. The maximum Gasteiger partial charge on any atom is 0.250 e. The zero-order valence-corrected chi connectivity index (χ0v) is 14.6. The Bertz CT molecular complexity index is 736. The normalized spacial score (nSPS) is 21.7. The fraction of sp³-hybridized carbons (Fsp3) is 0.381. The molecule has 2 aliphatic rings. The highest BCUT2D eigenvalue weighted by Crippen LogP contribution is 2.57. The van der Waals surface area contributed by atoms with E-state index in [-0.39, 0.29) is 17.4 Å². The maximum atomic E-state index is 13.1. The van der Waals surface area contributed by atoms with Crippen molar-refractivity contribution < 1.29 is 9.53 Å². The lowest BCUT2D eigenvalue weighted by atomic mass is 9.61. The number of amides is 1. The summed E-state index contributed by atoms with van der Waals surface area (Å²) in [6.07, 6.45) is 5.47. The average Bonchev–Trinajstić information content (AvgIpc) is 2.69. The SMILES string of the molecule is COc1ccc(C2N(Nc3ccccc3)C(=O)C23CCCCC3)cc1. The number of benzene rings is 2. The van der Waals surface area contributed by atoms with Crippen LogP contribution in [0.3, 0.4) is 0 Å². The van der Waals surface area contributed by atoms with Crippen molar-refractivity contribution in [2.75, 3.05) is 12.5 Å². The van der Waals surface area contributed by atoms with Crippen LogP contribution < -0.4 is 10.2 Å². The zero-order chi connectivity index (χ0) is 17.3. The molecule has 1 saturated heterocycles. The van der Waals surface area contributed by atoms with E-state index in [4.69, 9.17) is 4.74 Å². The quantitative estimate of drug-likeness (QED) is 0.833. The van der Waals surface area contributed by atoms with Gasteiger partial charge in [-0.1, -0.05) is 49.6 Å². The number of anilines is 1. The van der Waals surface area contributed by atoms with Gasteiger partial charge in [0.05, 0.1) is 24.3 Å². The van der Waals surface area contributed by atoms with Gasteiger partial charge in [-0.2, -0.15) is 0 Å². The maximum absolute atomic E-state index is 13.1. The molecule has 1 unspecified atom stereocenters. The Hall–Kier alpha value is -2.49. The van der Waals surface area contributed by atoms with Gasteiger partial charge >= 0.3 is 0 Å². The van der Waals surface area contributed by atoms with Crippen LogP contribution in [0, 0.1) is 5.41 Å². The minimum Gasteiger partial charge on any atom is -0.497 e. The molecule has 4 heteroatoms. The first-order chi connectivity index (χ1) is 12.2. The lowest BCUT2D eigenvalue weighted by molar-refractivity contribution is -0.174. The van der Waals surface area contributed by atoms with Crippen LogP contribution in [0.15, 0.2) is 54.6 Å². The number of ether oxygens (including phenoxy) is 1. The first-order valence-corrected chi connectivity index (χ1v) is 9.04. The summed E-state index contributed by atoms with van der Waals surface area (Å²) in [5.74, 6) is 1.08. The third-order valence-corrected chi connectivity index (χ3v) is 5.63. The van der Waals surface area contributed by atoms with Crippen molar-refractivity contribution in [2.45, 2.75) is 38.1 Å². The minimum atomic E-state index is -0.241. The smallest absolute Gasteiger partial charge is 0.250 e. The first-order valence-electron chi connectivity index (χ1n) is 9.04. The van der Waals surface area contributed by atoms with Crippen LogP contribution in [0.2, 0.25) is 0 Å². The molecule has 130 valence electrons. The summed E-state index contributed by atoms with van der Waals surface area (Å²) in [4.78, 5) is 13.1. The molecule has 4 nitrogen and oxygen atoms in total. The van der Waals surface area contributed by atoms with Crippen LogP contribution in [-0.2, 0) is 4.79 Å². The molecule has 0 aromatic heterocycles. The predicted octanol–water partition coefficient (Wildman–Crippen LogP) is 4.56. The Morgan fingerprint density at radius 1 is 1.00 bits per heavy atom. The summed E-state index contributed by atoms with van der Waals surface area (Å²) in [7, 11) is 1.67. The van der Waals surface area contributed by atoms with Crippen LogP contribution in [0.5, 0.6) is 5.75 Å². The molecule has 4 rings (SSSR count). The van der Waals surface area contributed by atoms with Gasteiger partial charge in [0.15, 0.2) is 0 Å². The zero-order valence-electron chi connectivity index (χ0n) is 14.6. The number of para-hydroxylation sites is 1. The number of hydrogen-bond acceptors (Lipinski definition) is 3. The highest BCUT2D eigenvalue weighted by Gasteiger charge is 2.61. The average molecular weight is 336 g/mol. The molecule has 1 aliphatic heterocycles. The summed E-state index contributed by atoms with van der Waals surface area (Å²) in [5, 5.41) is 1.82. The fourth-order valence-corrected chi connectivity index (χ4v) is 4.35. The van der Waals surface area contributed by atoms with Gasteiger partial charge in [-0.15, -0.1) is 0 Å². The van der Waals surface area contributed by atoms with Crippen molar-refractivity contribution in [3.05, 3.63) is 60.2 Å². The number of nitrogens with zero attached hydrogens (tertiary/aromatic N) is 1. The van der Waals surface area contributed by atoms with Gasteiger partial charge in [-0.25, -0.2) is 5.01 Å². The molecule has 1 heterocycles. The Morgan fingerprint density at radius 2 is 1.68 bits per heavy atom. The van der Waals surface area contributed by atoms with E-state index in [2.05, 4.69) is 17.6 Å². The largest absolute Gasteiger partial charge is 0.497 e. The van der Waals surface area contributed by atoms with Crippen molar-refractivity contribution in [3.63, 3.8) is 0 Å². The van der Waals surface area contributed by atoms with E-state index in [1.165, 1.54) is 12.0 Å². The number of nitrogens with one attached hydrogen (secondary N) is 1. The van der Waals surface area contributed by atoms with Crippen LogP contribution in [0.1, 0.15) is 43.7 Å². The third-order valence-electron chi connectivity index (χ3n) is 5.63. The number of carbonyl (C=O) groups excluding carboxylic acids is 1. The number of hydrogen-bond donors (Lipinski definition) is 1. The first kappa shape index (κ1) is 16.0. The molecule has 2 aromatic rings. The van der Waals surface area contributed by atoms with E-state index in [0.717, 1.165) is 37.1 Å². The van der Waals surface area contributed by atoms with E-state index in [9.17, 15) is 4.79 Å². The Labute approximate surface area is 148 Å². The van der Waals surface area contributed by atoms with E-state index in [0.29, 0.717) is 0 Å². The summed E-state index contributed by atoms with van der Waals surface area (Å²) < 4.78 is 5.29. The molecule has 0 bridgehead atoms. The standard InChI is InChI=1S/C21H24N2O2/c1-25-18-12-10-16(11-13-18)19-21(14-6-3-7-15-21)20(24)23(19)22-17-8-4-2-5-9-17/h2,4-5,8-13,19,22H,3,6-7,14-15H2,1H3.